The predicted molar refractivity (Wildman–Crippen MR) is 126 cm³/mol. The number of halogens is 4. The summed E-state index contributed by atoms with van der Waals surface area (Å²) in [6.45, 7) is 3.27. The first-order valence-electron chi connectivity index (χ1n) is 10.9. The molecule has 0 aliphatic rings. The van der Waals surface area contributed by atoms with Crippen LogP contribution >= 0.6 is 0 Å². The van der Waals surface area contributed by atoms with E-state index >= 15 is 0 Å². The van der Waals surface area contributed by atoms with Crippen LogP contribution < -0.4 is 5.32 Å². The molecule has 0 unspecified atom stereocenters. The predicted octanol–water partition coefficient (Wildman–Crippen LogP) is 4.34. The van der Waals surface area contributed by atoms with E-state index < -0.39 is 55.5 Å². The summed E-state index contributed by atoms with van der Waals surface area (Å²) in [6.07, 6.45) is 3.17. The molecule has 1 amide bonds. The molecule has 2 aromatic carbocycles. The Hall–Kier alpha value is -4.06. The molecule has 12 heteroatoms. The van der Waals surface area contributed by atoms with Crippen LogP contribution in [0.2, 0.25) is 0 Å². The molecule has 0 fully saturated rings. The molecule has 2 heterocycles. The third kappa shape index (κ3) is 5.24. The van der Waals surface area contributed by atoms with Crippen LogP contribution in [-0.2, 0) is 22.1 Å². The quantitative estimate of drug-likeness (QED) is 0.282. The van der Waals surface area contributed by atoms with E-state index in [1.54, 1.807) is 25.4 Å². The zero-order valence-electron chi connectivity index (χ0n) is 19.6. The van der Waals surface area contributed by atoms with Gasteiger partial charge in [-0.2, -0.15) is 0 Å². The number of carbonyl (C=O) groups is 1. The number of nitrogens with one attached hydrogen (secondary N) is 1. The fraction of sp³-hybridized carbons (Fsp3) is 0.160. The minimum Gasteiger partial charge on any atom is -0.347 e. The number of nitrogens with zero attached hydrogens (tertiary/aromatic N) is 3. The Kier molecular flexibility index (Phi) is 7.12. The van der Waals surface area contributed by atoms with Crippen molar-refractivity contribution in [2.45, 2.75) is 31.3 Å². The van der Waals surface area contributed by atoms with Crippen molar-refractivity contribution in [1.82, 2.24) is 19.9 Å². The zero-order valence-corrected chi connectivity index (χ0v) is 20.4. The number of aromatic nitrogens is 3. The molecule has 0 saturated carbocycles. The van der Waals surface area contributed by atoms with Crippen molar-refractivity contribution in [3.05, 3.63) is 106 Å². The van der Waals surface area contributed by atoms with Crippen molar-refractivity contribution < 1.29 is 30.8 Å². The van der Waals surface area contributed by atoms with E-state index in [1.165, 1.54) is 19.1 Å². The van der Waals surface area contributed by atoms with Gasteiger partial charge < -0.3 is 5.32 Å². The summed E-state index contributed by atoms with van der Waals surface area (Å²) in [5.41, 5.74) is 0.438. The lowest BCUT2D eigenvalue weighted by Gasteiger charge is -2.14. The summed E-state index contributed by atoms with van der Waals surface area (Å²) >= 11 is 0. The molecule has 4 aromatic rings. The smallest absolute Gasteiger partial charge is 0.270 e. The Labute approximate surface area is 209 Å². The standard InChI is InChI=1S/C25H20F4N4O3S/c1-14-11-30-10-9-16(14)12-31-24(34)23-15(2)32-25(33(23)18-5-3-17(26)4-6-18)37(35,36)13-19-20(27)7-8-21(28)22(19)29/h3-11H,12-13H2,1-2H3,(H,31,34). The molecular weight excluding hydrogens is 512 g/mol. The molecule has 7 nitrogen and oxygen atoms in total. The molecular formula is C25H20F4N4O3S. The van der Waals surface area contributed by atoms with Gasteiger partial charge in [0.15, 0.2) is 11.6 Å². The second-order valence-electron chi connectivity index (χ2n) is 8.21. The maximum Gasteiger partial charge on any atom is 0.270 e. The first-order valence-corrected chi connectivity index (χ1v) is 12.5. The SMILES string of the molecule is Cc1cnccc1CNC(=O)c1c(C)nc(S(=O)(=O)Cc2c(F)ccc(F)c2F)n1-c1ccc(F)cc1. The third-order valence-corrected chi connectivity index (χ3v) is 7.15. The van der Waals surface area contributed by atoms with Crippen molar-refractivity contribution in [3.8, 4) is 5.69 Å². The lowest BCUT2D eigenvalue weighted by Crippen LogP contribution is -2.27. The van der Waals surface area contributed by atoms with Gasteiger partial charge in [0, 0.05) is 30.2 Å². The first kappa shape index (κ1) is 26.0. The summed E-state index contributed by atoms with van der Waals surface area (Å²) in [4.78, 5) is 21.2. The highest BCUT2D eigenvalue weighted by atomic mass is 32.2. The first-order chi connectivity index (χ1) is 17.5. The molecule has 0 aliphatic carbocycles. The summed E-state index contributed by atoms with van der Waals surface area (Å²) in [5, 5.41) is 1.97. The minimum absolute atomic E-state index is 0.00737. The second kappa shape index (κ2) is 10.1. The lowest BCUT2D eigenvalue weighted by molar-refractivity contribution is 0.0942. The average molecular weight is 533 g/mol. The third-order valence-electron chi connectivity index (χ3n) is 5.65. The van der Waals surface area contributed by atoms with E-state index in [9.17, 15) is 30.8 Å². The largest absolute Gasteiger partial charge is 0.347 e. The Morgan fingerprint density at radius 1 is 0.973 bits per heavy atom. The molecule has 0 spiro atoms. The average Bonchev–Trinajstić information content (AvgIpc) is 3.22. The van der Waals surface area contributed by atoms with Crippen LogP contribution in [0.3, 0.4) is 0 Å². The summed E-state index contributed by atoms with van der Waals surface area (Å²) in [5.74, 6) is -6.91. The van der Waals surface area contributed by atoms with Crippen LogP contribution in [0.15, 0.2) is 60.0 Å². The molecule has 0 bridgehead atoms. The van der Waals surface area contributed by atoms with Crippen molar-refractivity contribution >= 4 is 15.7 Å². The van der Waals surface area contributed by atoms with Gasteiger partial charge in [-0.15, -0.1) is 0 Å². The molecule has 0 radical (unpaired) electrons. The zero-order chi connectivity index (χ0) is 26.9. The maximum atomic E-state index is 14.3. The highest BCUT2D eigenvalue weighted by molar-refractivity contribution is 7.90. The van der Waals surface area contributed by atoms with Crippen LogP contribution in [0, 0.1) is 37.1 Å². The Morgan fingerprint density at radius 2 is 1.65 bits per heavy atom. The Bertz CT molecular complexity index is 1600. The molecule has 0 saturated heterocycles. The normalized spacial score (nSPS) is 11.5. The highest BCUT2D eigenvalue weighted by Gasteiger charge is 2.32. The van der Waals surface area contributed by atoms with Crippen molar-refractivity contribution in [2.24, 2.45) is 0 Å². The van der Waals surface area contributed by atoms with Gasteiger partial charge in [-0.3, -0.25) is 14.3 Å². The van der Waals surface area contributed by atoms with E-state index in [0.717, 1.165) is 27.8 Å². The number of aryl methyl sites for hydroxylation is 2. The van der Waals surface area contributed by atoms with Gasteiger partial charge in [-0.25, -0.2) is 31.0 Å². The van der Waals surface area contributed by atoms with Crippen LogP contribution in [0.1, 0.15) is 32.9 Å². The molecule has 0 aliphatic heterocycles. The number of hydrogen-bond donors (Lipinski definition) is 1. The van der Waals surface area contributed by atoms with Gasteiger partial charge in [-0.05, 0) is 67.4 Å². The number of sulfone groups is 1. The Morgan fingerprint density at radius 3 is 2.32 bits per heavy atom. The van der Waals surface area contributed by atoms with Gasteiger partial charge in [0.05, 0.1) is 11.4 Å². The van der Waals surface area contributed by atoms with Crippen LogP contribution in [0.4, 0.5) is 17.6 Å². The monoisotopic (exact) mass is 532 g/mol. The fourth-order valence-corrected chi connectivity index (χ4v) is 5.25. The topological polar surface area (TPSA) is 94.0 Å². The number of pyridine rings is 1. The molecule has 1 N–H and O–H groups in total. The fourth-order valence-electron chi connectivity index (χ4n) is 3.72. The molecule has 2 aromatic heterocycles. The van der Waals surface area contributed by atoms with Crippen molar-refractivity contribution in [1.29, 1.82) is 0 Å². The summed E-state index contributed by atoms with van der Waals surface area (Å²) in [7, 11) is -4.65. The molecule has 0 atom stereocenters. The maximum absolute atomic E-state index is 14.3. The van der Waals surface area contributed by atoms with Crippen LogP contribution in [0.25, 0.3) is 5.69 Å². The number of rotatable bonds is 7. The van der Waals surface area contributed by atoms with E-state index in [1.807, 2.05) is 0 Å². The molecule has 4 rings (SSSR count). The van der Waals surface area contributed by atoms with Crippen molar-refractivity contribution in [3.63, 3.8) is 0 Å². The highest BCUT2D eigenvalue weighted by Crippen LogP contribution is 2.27. The van der Waals surface area contributed by atoms with Gasteiger partial charge in [0.25, 0.3) is 5.91 Å². The number of carbonyl (C=O) groups excluding carboxylic acids is 1. The molecule has 37 heavy (non-hydrogen) atoms. The minimum atomic E-state index is -4.65. The van der Waals surface area contributed by atoms with E-state index in [2.05, 4.69) is 15.3 Å². The van der Waals surface area contributed by atoms with E-state index in [4.69, 9.17) is 0 Å². The van der Waals surface area contributed by atoms with Crippen LogP contribution in [0.5, 0.6) is 0 Å². The van der Waals surface area contributed by atoms with Gasteiger partial charge in [0.1, 0.15) is 17.3 Å². The van der Waals surface area contributed by atoms with E-state index in [0.29, 0.717) is 12.1 Å². The second-order valence-corrected chi connectivity index (χ2v) is 10.1. The lowest BCUT2D eigenvalue weighted by atomic mass is 10.1. The van der Waals surface area contributed by atoms with E-state index in [-0.39, 0.29) is 23.6 Å². The van der Waals surface area contributed by atoms with Crippen LogP contribution in [-0.4, -0.2) is 28.9 Å². The Balaban J connectivity index is 1.81. The summed E-state index contributed by atoms with van der Waals surface area (Å²) < 4.78 is 83.5. The number of amides is 1. The number of benzene rings is 2. The van der Waals surface area contributed by atoms with Gasteiger partial charge in [0.2, 0.25) is 15.0 Å². The molecule has 192 valence electrons. The number of hydrogen-bond acceptors (Lipinski definition) is 5. The number of imidazole rings is 1. The van der Waals surface area contributed by atoms with Gasteiger partial charge in [-0.1, -0.05) is 0 Å². The van der Waals surface area contributed by atoms with Gasteiger partial charge >= 0.3 is 0 Å². The van der Waals surface area contributed by atoms with Crippen molar-refractivity contribution in [2.75, 3.05) is 0 Å². The summed E-state index contributed by atoms with van der Waals surface area (Å²) in [6, 6.07) is 7.41.